The third-order valence-electron chi connectivity index (χ3n) is 0. The molecule has 0 heterocycles. The molecular formula is H54Mg9O18. The Hall–Kier alpha value is 6.18. The smallest absolute Gasteiger partial charge is 1.00 e. The van der Waals surface area contributed by atoms with Crippen LogP contribution in [0.3, 0.4) is 0 Å². The fourth-order valence-electron chi connectivity index (χ4n) is 0. The van der Waals surface area contributed by atoms with Crippen LogP contribution in [0.5, 0.6) is 0 Å². The molecule has 0 saturated carbocycles. The second kappa shape index (κ2) is 820. The van der Waals surface area contributed by atoms with Crippen molar-refractivity contribution in [3.63, 3.8) is 0 Å². The molecule has 0 unspecified atom stereocenters. The van der Waals surface area contributed by atoms with E-state index >= 15 is 0 Å². The van der Waals surface area contributed by atoms with Gasteiger partial charge in [-0.25, -0.2) is 0 Å². The summed E-state index contributed by atoms with van der Waals surface area (Å²) in [6, 6.07) is 0. The second-order valence-electron chi connectivity index (χ2n) is 0. The summed E-state index contributed by atoms with van der Waals surface area (Å²) in [4.78, 5) is 0. The monoisotopic (exact) mass is 558 g/mol. The average molecular weight is 561 g/mol. The summed E-state index contributed by atoms with van der Waals surface area (Å²) in [6.07, 6.45) is 0. The first kappa shape index (κ1) is 900. The molecule has 0 atom stereocenters. The van der Waals surface area contributed by atoms with Gasteiger partial charge in [0, 0.05) is 0 Å². The van der Waals surface area contributed by atoms with Crippen LogP contribution in [0.2, 0.25) is 0 Å². The summed E-state index contributed by atoms with van der Waals surface area (Å²) < 4.78 is 0. The van der Waals surface area contributed by atoms with Gasteiger partial charge in [-0.2, -0.15) is 0 Å². The van der Waals surface area contributed by atoms with Crippen LogP contribution in [-0.4, -0.2) is 306 Å². The Bertz CT molecular complexity index is 68.5. The summed E-state index contributed by atoms with van der Waals surface area (Å²) in [6.45, 7) is 0. The SMILES string of the molecule is O.O.O.O.O.O.O.O.O.O.O.O.O.O.O.O.O.O.[H-].[H-].[H-].[H-].[H-].[H-].[H-].[H-].[H-].[H-].[H-].[H-].[H-].[H-].[H-].[H-].[H-].[H-].[Mg+2].[Mg+2].[Mg+2].[Mg+2].[Mg+2].[Mg+2].[Mg+2].[Mg+2].[Mg+2]. The molecule has 0 radical (unpaired) electrons. The van der Waals surface area contributed by atoms with Gasteiger partial charge in [-0.1, -0.05) is 0 Å². The molecule has 0 aliphatic rings. The fraction of sp³-hybridized carbons (Fsp3) is 0. The minimum absolute atomic E-state index is 0. The summed E-state index contributed by atoms with van der Waals surface area (Å²) in [5.74, 6) is 0. The minimum Gasteiger partial charge on any atom is -1.00 e. The first-order valence-electron chi connectivity index (χ1n) is 0. The predicted molar refractivity (Wildman–Crippen MR) is 137 cm³/mol. The Labute approximate surface area is 327 Å². The van der Waals surface area contributed by atoms with Crippen molar-refractivity contribution >= 4 is 207 Å². The van der Waals surface area contributed by atoms with Crippen molar-refractivity contribution in [3.8, 4) is 0 Å². The zero-order chi connectivity index (χ0) is 0. The first-order valence-corrected chi connectivity index (χ1v) is 0. The Morgan fingerprint density at radius 3 is 0.111 bits per heavy atom. The van der Waals surface area contributed by atoms with E-state index in [2.05, 4.69) is 0 Å². The van der Waals surface area contributed by atoms with Crippen LogP contribution in [0.1, 0.15) is 25.7 Å². The quantitative estimate of drug-likeness (QED) is 0.249. The molecule has 0 spiro atoms. The van der Waals surface area contributed by atoms with E-state index in [0.717, 1.165) is 0 Å². The first-order chi connectivity index (χ1) is 0. The van der Waals surface area contributed by atoms with Gasteiger partial charge in [0.15, 0.2) is 0 Å². The number of rotatable bonds is 0. The molecule has 0 rings (SSSR count). The zero-order valence-corrected chi connectivity index (χ0v) is 28.1. The maximum absolute atomic E-state index is 0. The predicted octanol–water partition coefficient (Wildman–Crippen LogP) is -16.2. The van der Waals surface area contributed by atoms with Crippen molar-refractivity contribution in [2.75, 3.05) is 0 Å². The zero-order valence-electron chi connectivity index (χ0n) is 33.4. The molecule has 0 aliphatic heterocycles. The molecule has 0 saturated heterocycles. The van der Waals surface area contributed by atoms with Crippen LogP contribution in [0.15, 0.2) is 0 Å². The molecule has 0 aromatic heterocycles. The van der Waals surface area contributed by atoms with Crippen molar-refractivity contribution in [1.82, 2.24) is 0 Å². The van der Waals surface area contributed by atoms with Crippen molar-refractivity contribution < 1.29 is 124 Å². The third kappa shape index (κ3) is 768. The topological polar surface area (TPSA) is 567 Å². The van der Waals surface area contributed by atoms with Gasteiger partial charge in [-0.15, -0.1) is 0 Å². The van der Waals surface area contributed by atoms with Gasteiger partial charge < -0.3 is 124 Å². The number of hydrogen-bond acceptors (Lipinski definition) is 0. The van der Waals surface area contributed by atoms with Crippen LogP contribution in [0, 0.1) is 0 Å². The van der Waals surface area contributed by atoms with Crippen molar-refractivity contribution in [1.29, 1.82) is 0 Å². The summed E-state index contributed by atoms with van der Waals surface area (Å²) in [5.41, 5.74) is 0. The normalized spacial score (nSPS) is 0. The van der Waals surface area contributed by atoms with E-state index in [1.165, 1.54) is 0 Å². The molecule has 27 heavy (non-hydrogen) atoms. The van der Waals surface area contributed by atoms with E-state index in [9.17, 15) is 0 Å². The van der Waals surface area contributed by atoms with Crippen LogP contribution >= 0.6 is 0 Å². The Morgan fingerprint density at radius 1 is 0.111 bits per heavy atom. The van der Waals surface area contributed by atoms with E-state index < -0.39 is 0 Å². The fourth-order valence-corrected chi connectivity index (χ4v) is 0. The van der Waals surface area contributed by atoms with Gasteiger partial charge in [0.1, 0.15) is 0 Å². The Morgan fingerprint density at radius 2 is 0.111 bits per heavy atom. The maximum atomic E-state index is 0. The van der Waals surface area contributed by atoms with Crippen molar-refractivity contribution in [2.45, 2.75) is 0 Å². The third-order valence-corrected chi connectivity index (χ3v) is 0. The van der Waals surface area contributed by atoms with Crippen LogP contribution in [0.25, 0.3) is 0 Å². The van der Waals surface area contributed by atoms with Gasteiger partial charge in [-0.3, -0.25) is 0 Å². The van der Waals surface area contributed by atoms with Gasteiger partial charge in [0.05, 0.1) is 0 Å². The summed E-state index contributed by atoms with van der Waals surface area (Å²) in [5, 5.41) is 0. The molecule has 27 heteroatoms. The molecule has 0 aromatic rings. The van der Waals surface area contributed by atoms with Crippen LogP contribution in [0.4, 0.5) is 0 Å². The molecule has 0 aliphatic carbocycles. The average Bonchev–Trinajstić information content (AvgIpc) is 0. The Balaban J connectivity index is 0. The molecule has 180 valence electrons. The van der Waals surface area contributed by atoms with Gasteiger partial charge >= 0.3 is 207 Å². The molecule has 0 aromatic carbocycles. The summed E-state index contributed by atoms with van der Waals surface area (Å²) in [7, 11) is 0. The number of hydrogen-bond donors (Lipinski definition) is 0. The standard InChI is InChI=1S/9Mg.18H2O.18H/h;;;;;;;;;18*1H2;;;;;;;;;;;;;;;;;;/q9*+2;;;;;;;;;;;;;;;;;;;18*-1. The molecule has 0 amide bonds. The molecule has 0 bridgehead atoms. The second-order valence-corrected chi connectivity index (χ2v) is 0. The van der Waals surface area contributed by atoms with Gasteiger partial charge in [0.25, 0.3) is 0 Å². The molecular weight excluding hydrogens is 507 g/mol. The maximum Gasteiger partial charge on any atom is 2.00 e. The largest absolute Gasteiger partial charge is 2.00 e. The van der Waals surface area contributed by atoms with E-state index in [0.29, 0.717) is 0 Å². The minimum atomic E-state index is 0. The van der Waals surface area contributed by atoms with Gasteiger partial charge in [-0.05, 0) is 0 Å². The molecule has 36 N–H and O–H groups in total. The molecule has 18 nitrogen and oxygen atoms in total. The van der Waals surface area contributed by atoms with Gasteiger partial charge in [0.2, 0.25) is 0 Å². The van der Waals surface area contributed by atoms with Crippen LogP contribution < -0.4 is 0 Å². The summed E-state index contributed by atoms with van der Waals surface area (Å²) >= 11 is 0. The van der Waals surface area contributed by atoms with E-state index in [1.807, 2.05) is 0 Å². The van der Waals surface area contributed by atoms with E-state index in [1.54, 1.807) is 0 Å². The Kier molecular flexibility index (Phi) is 27300. The van der Waals surface area contributed by atoms with Crippen molar-refractivity contribution in [3.05, 3.63) is 0 Å². The molecule has 0 fully saturated rings. The van der Waals surface area contributed by atoms with Crippen molar-refractivity contribution in [2.24, 2.45) is 0 Å². The van der Waals surface area contributed by atoms with Crippen LogP contribution in [-0.2, 0) is 0 Å². The van der Waals surface area contributed by atoms with E-state index in [4.69, 9.17) is 0 Å². The van der Waals surface area contributed by atoms with E-state index in [-0.39, 0.29) is 332 Å².